The average Bonchev–Trinajstić information content (AvgIpc) is 2.46. The van der Waals surface area contributed by atoms with E-state index in [2.05, 4.69) is 41.5 Å². The Balaban J connectivity index is 1.84. The number of hydrogen-bond donors (Lipinski definition) is 1. The molecule has 1 N–H and O–H groups in total. The summed E-state index contributed by atoms with van der Waals surface area (Å²) in [4.78, 5) is 2.34. The van der Waals surface area contributed by atoms with Crippen LogP contribution in [0.1, 0.15) is 19.3 Å². The fourth-order valence-corrected chi connectivity index (χ4v) is 2.44. The molecule has 1 fully saturated rings. The van der Waals surface area contributed by atoms with Gasteiger partial charge < -0.3 is 15.0 Å². The third-order valence-electron chi connectivity index (χ3n) is 3.79. The van der Waals surface area contributed by atoms with Gasteiger partial charge in [0.25, 0.3) is 0 Å². The zero-order chi connectivity index (χ0) is 12.8. The third-order valence-corrected chi connectivity index (χ3v) is 3.79. The summed E-state index contributed by atoms with van der Waals surface area (Å²) >= 11 is 0. The minimum atomic E-state index is 0.841. The third kappa shape index (κ3) is 3.64. The first-order chi connectivity index (χ1) is 8.79. The van der Waals surface area contributed by atoms with Gasteiger partial charge in [-0.25, -0.2) is 0 Å². The minimum absolute atomic E-state index is 0.841. The Morgan fingerprint density at radius 3 is 2.83 bits per heavy atom. The monoisotopic (exact) mass is 248 g/mol. The van der Waals surface area contributed by atoms with Crippen LogP contribution in [0.25, 0.3) is 0 Å². The Morgan fingerprint density at radius 1 is 1.33 bits per heavy atom. The maximum Gasteiger partial charge on any atom is 0.0468 e. The Labute approximate surface area is 110 Å². The van der Waals surface area contributed by atoms with Crippen LogP contribution in [0.15, 0.2) is 24.3 Å². The molecule has 3 nitrogen and oxygen atoms in total. The smallest absolute Gasteiger partial charge is 0.0468 e. The van der Waals surface area contributed by atoms with Gasteiger partial charge in [-0.3, -0.25) is 0 Å². The zero-order valence-corrected chi connectivity index (χ0v) is 11.5. The van der Waals surface area contributed by atoms with Crippen LogP contribution in [-0.4, -0.2) is 33.9 Å². The van der Waals surface area contributed by atoms with Gasteiger partial charge in [0.15, 0.2) is 0 Å². The van der Waals surface area contributed by atoms with Gasteiger partial charge in [-0.1, -0.05) is 6.07 Å². The van der Waals surface area contributed by atoms with Crippen LogP contribution >= 0.6 is 0 Å². The van der Waals surface area contributed by atoms with E-state index in [0.717, 1.165) is 25.7 Å². The first-order valence-electron chi connectivity index (χ1n) is 6.86. The van der Waals surface area contributed by atoms with Crippen LogP contribution < -0.4 is 10.2 Å². The molecule has 0 spiro atoms. The quantitative estimate of drug-likeness (QED) is 0.867. The Hall–Kier alpha value is -1.22. The van der Waals surface area contributed by atoms with Gasteiger partial charge in [-0.05, 0) is 43.4 Å². The molecule has 1 heterocycles. The lowest BCUT2D eigenvalue weighted by Gasteiger charge is -2.26. The predicted octanol–water partition coefficient (Wildman–Crippen LogP) is 2.98. The lowest BCUT2D eigenvalue weighted by atomic mass is 9.96. The molecular formula is C15H24N2O. The van der Waals surface area contributed by atoms with Gasteiger partial charge in [0, 0.05) is 45.2 Å². The van der Waals surface area contributed by atoms with Crippen LogP contribution in [0.5, 0.6) is 0 Å². The lowest BCUT2D eigenvalue weighted by molar-refractivity contribution is 0.0645. The van der Waals surface area contributed by atoms with Crippen LogP contribution in [-0.2, 0) is 4.74 Å². The highest BCUT2D eigenvalue weighted by Crippen LogP contribution is 2.22. The van der Waals surface area contributed by atoms with E-state index in [1.807, 2.05) is 7.05 Å². The van der Waals surface area contributed by atoms with Crippen molar-refractivity contribution in [1.29, 1.82) is 0 Å². The summed E-state index contributed by atoms with van der Waals surface area (Å²) in [5.74, 6) is 0.841. The molecule has 2 rings (SSSR count). The van der Waals surface area contributed by atoms with E-state index < -0.39 is 0 Å². The molecule has 0 amide bonds. The van der Waals surface area contributed by atoms with Crippen LogP contribution in [0.2, 0.25) is 0 Å². The molecular weight excluding hydrogens is 224 g/mol. The van der Waals surface area contributed by atoms with Crippen molar-refractivity contribution in [3.63, 3.8) is 0 Å². The summed E-state index contributed by atoms with van der Waals surface area (Å²) in [5.41, 5.74) is 2.46. The number of rotatable bonds is 5. The summed E-state index contributed by atoms with van der Waals surface area (Å²) in [6.07, 6.45) is 3.72. The number of ether oxygens (including phenoxy) is 1. The molecule has 1 aliphatic heterocycles. The summed E-state index contributed by atoms with van der Waals surface area (Å²) < 4.78 is 5.40. The van der Waals surface area contributed by atoms with E-state index in [1.54, 1.807) is 0 Å². The highest BCUT2D eigenvalue weighted by molar-refractivity contribution is 5.57. The number of hydrogen-bond acceptors (Lipinski definition) is 3. The van der Waals surface area contributed by atoms with Crippen molar-refractivity contribution in [1.82, 2.24) is 0 Å². The number of benzene rings is 1. The lowest BCUT2D eigenvalue weighted by Crippen LogP contribution is -2.24. The van der Waals surface area contributed by atoms with Crippen LogP contribution in [0.3, 0.4) is 0 Å². The Bertz CT molecular complexity index is 361. The molecule has 0 saturated carbocycles. The van der Waals surface area contributed by atoms with Crippen molar-refractivity contribution in [3.05, 3.63) is 24.3 Å². The average molecular weight is 248 g/mol. The fourth-order valence-electron chi connectivity index (χ4n) is 2.44. The molecule has 0 bridgehead atoms. The number of anilines is 2. The van der Waals surface area contributed by atoms with Crippen molar-refractivity contribution in [3.8, 4) is 0 Å². The molecule has 1 aliphatic rings. The van der Waals surface area contributed by atoms with Gasteiger partial charge >= 0.3 is 0 Å². The molecule has 1 aromatic carbocycles. The molecule has 3 heteroatoms. The van der Waals surface area contributed by atoms with Crippen molar-refractivity contribution >= 4 is 11.4 Å². The normalized spacial score (nSPS) is 16.6. The second-order valence-electron chi connectivity index (χ2n) is 5.07. The van der Waals surface area contributed by atoms with E-state index in [9.17, 15) is 0 Å². The summed E-state index contributed by atoms with van der Waals surface area (Å²) in [7, 11) is 4.13. The molecule has 0 radical (unpaired) electrons. The minimum Gasteiger partial charge on any atom is -0.388 e. The van der Waals surface area contributed by atoms with E-state index in [1.165, 1.54) is 30.6 Å². The van der Waals surface area contributed by atoms with E-state index in [0.29, 0.717) is 0 Å². The summed E-state index contributed by atoms with van der Waals surface area (Å²) in [6, 6.07) is 8.57. The largest absolute Gasteiger partial charge is 0.388 e. The molecule has 0 atom stereocenters. The Morgan fingerprint density at radius 2 is 2.11 bits per heavy atom. The molecule has 0 aromatic heterocycles. The van der Waals surface area contributed by atoms with Gasteiger partial charge in [-0.15, -0.1) is 0 Å². The predicted molar refractivity (Wildman–Crippen MR) is 77.4 cm³/mol. The van der Waals surface area contributed by atoms with E-state index in [-0.39, 0.29) is 0 Å². The number of nitrogens with one attached hydrogen (secondary N) is 1. The maximum absolute atomic E-state index is 5.40. The van der Waals surface area contributed by atoms with Gasteiger partial charge in [-0.2, -0.15) is 0 Å². The highest BCUT2D eigenvalue weighted by Gasteiger charge is 2.14. The molecule has 0 aliphatic carbocycles. The van der Waals surface area contributed by atoms with Gasteiger partial charge in [0.2, 0.25) is 0 Å². The van der Waals surface area contributed by atoms with Gasteiger partial charge in [0.05, 0.1) is 0 Å². The number of nitrogens with zero attached hydrogens (tertiary/aromatic N) is 1. The SMILES string of the molecule is CNc1cccc(N(C)CCC2CCOCC2)c1. The first-order valence-corrected chi connectivity index (χ1v) is 6.86. The highest BCUT2D eigenvalue weighted by atomic mass is 16.5. The molecule has 0 unspecified atom stereocenters. The maximum atomic E-state index is 5.40. The molecule has 1 aromatic rings. The molecule has 18 heavy (non-hydrogen) atoms. The molecule has 100 valence electrons. The second kappa shape index (κ2) is 6.64. The van der Waals surface area contributed by atoms with E-state index in [4.69, 9.17) is 4.74 Å². The fraction of sp³-hybridized carbons (Fsp3) is 0.600. The van der Waals surface area contributed by atoms with Crippen molar-refractivity contribution in [2.24, 2.45) is 5.92 Å². The van der Waals surface area contributed by atoms with Crippen molar-refractivity contribution < 1.29 is 4.74 Å². The first kappa shape index (κ1) is 13.2. The van der Waals surface area contributed by atoms with Crippen LogP contribution in [0, 0.1) is 5.92 Å². The Kier molecular flexibility index (Phi) is 4.88. The van der Waals surface area contributed by atoms with Crippen molar-refractivity contribution in [2.45, 2.75) is 19.3 Å². The second-order valence-corrected chi connectivity index (χ2v) is 5.07. The molecule has 1 saturated heterocycles. The van der Waals surface area contributed by atoms with Crippen molar-refractivity contribution in [2.75, 3.05) is 44.1 Å². The summed E-state index contributed by atoms with van der Waals surface area (Å²) in [5, 5.41) is 3.18. The summed E-state index contributed by atoms with van der Waals surface area (Å²) in [6.45, 7) is 3.02. The van der Waals surface area contributed by atoms with E-state index >= 15 is 0 Å². The topological polar surface area (TPSA) is 24.5 Å². The zero-order valence-electron chi connectivity index (χ0n) is 11.5. The standard InChI is InChI=1S/C15H24N2O/c1-16-14-4-3-5-15(12-14)17(2)9-6-13-7-10-18-11-8-13/h3-5,12-13,16H,6-11H2,1-2H3. The van der Waals surface area contributed by atoms with Crippen LogP contribution in [0.4, 0.5) is 11.4 Å². The van der Waals surface area contributed by atoms with Gasteiger partial charge in [0.1, 0.15) is 0 Å².